The predicted molar refractivity (Wildman–Crippen MR) is 46.9 cm³/mol. The van der Waals surface area contributed by atoms with Crippen molar-refractivity contribution in [3.63, 3.8) is 0 Å². The van der Waals surface area contributed by atoms with E-state index in [4.69, 9.17) is 4.74 Å². The second-order valence-corrected chi connectivity index (χ2v) is 3.99. The Balaban J connectivity index is 2.30. The van der Waals surface area contributed by atoms with Crippen LogP contribution < -0.4 is 0 Å². The van der Waals surface area contributed by atoms with Crippen molar-refractivity contribution < 1.29 is 9.53 Å². The lowest BCUT2D eigenvalue weighted by Crippen LogP contribution is -2.18. The molecule has 2 atom stereocenters. The van der Waals surface area contributed by atoms with Crippen LogP contribution in [0.15, 0.2) is 0 Å². The Morgan fingerprint density at radius 2 is 2.55 bits per heavy atom. The summed E-state index contributed by atoms with van der Waals surface area (Å²) in [4.78, 5) is 11.1. The van der Waals surface area contributed by atoms with Gasteiger partial charge in [-0.1, -0.05) is 0 Å². The molecule has 0 spiro atoms. The monoisotopic (exact) mass is 174 g/mol. The molecule has 1 aliphatic heterocycles. The van der Waals surface area contributed by atoms with E-state index >= 15 is 0 Å². The molecule has 1 rings (SSSR count). The van der Waals surface area contributed by atoms with E-state index in [1.807, 2.05) is 6.92 Å². The van der Waals surface area contributed by atoms with Gasteiger partial charge in [-0.05, 0) is 13.3 Å². The van der Waals surface area contributed by atoms with Crippen LogP contribution in [-0.2, 0) is 9.53 Å². The number of carbonyl (C=O) groups excluding carboxylic acids is 1. The fraction of sp³-hybridized carbons (Fsp3) is 0.875. The van der Waals surface area contributed by atoms with Crippen LogP contribution in [0.25, 0.3) is 0 Å². The number of Topliss-reactive ketones (excluding diaryl/α,β-unsaturated/α-hetero) is 1. The summed E-state index contributed by atoms with van der Waals surface area (Å²) in [7, 11) is 1.69. The topological polar surface area (TPSA) is 26.3 Å². The quantitative estimate of drug-likeness (QED) is 0.646. The van der Waals surface area contributed by atoms with E-state index < -0.39 is 0 Å². The molecule has 64 valence electrons. The lowest BCUT2D eigenvalue weighted by atomic mass is 10.0. The first-order valence-electron chi connectivity index (χ1n) is 3.87. The first-order valence-corrected chi connectivity index (χ1v) is 5.02. The molecular weight excluding hydrogens is 160 g/mol. The van der Waals surface area contributed by atoms with Gasteiger partial charge in [0.2, 0.25) is 0 Å². The highest BCUT2D eigenvalue weighted by molar-refractivity contribution is 8.00. The molecule has 0 amide bonds. The molecule has 1 aliphatic rings. The maximum atomic E-state index is 11.1. The standard InChI is InChI=1S/C8H14O2S/c1-6(10-2)3-7-4-11-5-8(7)9/h6-7H,3-5H2,1-2H3. The molecule has 0 N–H and O–H groups in total. The largest absolute Gasteiger partial charge is 0.382 e. The maximum absolute atomic E-state index is 11.1. The Bertz CT molecular complexity index is 147. The van der Waals surface area contributed by atoms with Crippen molar-refractivity contribution in [2.45, 2.75) is 19.4 Å². The van der Waals surface area contributed by atoms with Crippen molar-refractivity contribution in [2.24, 2.45) is 5.92 Å². The molecule has 0 aromatic heterocycles. The molecule has 2 unspecified atom stereocenters. The number of carbonyl (C=O) groups is 1. The van der Waals surface area contributed by atoms with Crippen molar-refractivity contribution in [1.82, 2.24) is 0 Å². The summed E-state index contributed by atoms with van der Waals surface area (Å²) in [5.41, 5.74) is 0. The van der Waals surface area contributed by atoms with Gasteiger partial charge in [0.25, 0.3) is 0 Å². The van der Waals surface area contributed by atoms with Gasteiger partial charge < -0.3 is 4.74 Å². The average Bonchev–Trinajstić information content (AvgIpc) is 2.37. The van der Waals surface area contributed by atoms with E-state index in [-0.39, 0.29) is 12.0 Å². The number of ether oxygens (including phenoxy) is 1. The van der Waals surface area contributed by atoms with E-state index in [0.29, 0.717) is 11.5 Å². The number of methoxy groups -OCH3 is 1. The number of rotatable bonds is 3. The molecular formula is C8H14O2S. The number of hydrogen-bond acceptors (Lipinski definition) is 3. The zero-order valence-corrected chi connectivity index (χ0v) is 7.82. The molecule has 0 radical (unpaired) electrons. The van der Waals surface area contributed by atoms with E-state index in [9.17, 15) is 4.79 Å². The molecule has 1 fully saturated rings. The van der Waals surface area contributed by atoms with Crippen LogP contribution in [0.4, 0.5) is 0 Å². The normalized spacial score (nSPS) is 27.5. The number of ketones is 1. The Labute approximate surface area is 71.7 Å². The lowest BCUT2D eigenvalue weighted by Gasteiger charge is -2.12. The predicted octanol–water partition coefficient (Wildman–Crippen LogP) is 1.34. The van der Waals surface area contributed by atoms with Gasteiger partial charge in [0.15, 0.2) is 0 Å². The number of thioether (sulfide) groups is 1. The second kappa shape index (κ2) is 4.12. The van der Waals surface area contributed by atoms with Crippen LogP contribution in [0.3, 0.4) is 0 Å². The highest BCUT2D eigenvalue weighted by atomic mass is 32.2. The molecule has 1 saturated heterocycles. The first kappa shape index (κ1) is 9.07. The molecule has 0 aliphatic carbocycles. The maximum Gasteiger partial charge on any atom is 0.146 e. The summed E-state index contributed by atoms with van der Waals surface area (Å²) >= 11 is 1.74. The summed E-state index contributed by atoms with van der Waals surface area (Å²) in [5, 5.41) is 0. The van der Waals surface area contributed by atoms with Gasteiger partial charge in [-0.25, -0.2) is 0 Å². The van der Waals surface area contributed by atoms with E-state index in [1.165, 1.54) is 0 Å². The Kier molecular flexibility index (Phi) is 3.40. The molecule has 1 heterocycles. The fourth-order valence-electron chi connectivity index (χ4n) is 1.21. The lowest BCUT2D eigenvalue weighted by molar-refractivity contribution is -0.120. The Morgan fingerprint density at radius 3 is 3.00 bits per heavy atom. The van der Waals surface area contributed by atoms with Gasteiger partial charge in [0, 0.05) is 18.8 Å². The highest BCUT2D eigenvalue weighted by Crippen LogP contribution is 2.24. The molecule has 0 bridgehead atoms. The molecule has 2 nitrogen and oxygen atoms in total. The smallest absolute Gasteiger partial charge is 0.146 e. The van der Waals surface area contributed by atoms with Gasteiger partial charge in [-0.3, -0.25) is 4.79 Å². The van der Waals surface area contributed by atoms with Crippen molar-refractivity contribution in [3.05, 3.63) is 0 Å². The molecule has 11 heavy (non-hydrogen) atoms. The van der Waals surface area contributed by atoms with Gasteiger partial charge in [0.05, 0.1) is 11.9 Å². The van der Waals surface area contributed by atoms with Gasteiger partial charge in [-0.15, -0.1) is 0 Å². The highest BCUT2D eigenvalue weighted by Gasteiger charge is 2.26. The third-order valence-corrected chi connectivity index (χ3v) is 3.16. The summed E-state index contributed by atoms with van der Waals surface area (Å²) in [6.45, 7) is 2.01. The molecule has 0 aromatic carbocycles. The average molecular weight is 174 g/mol. The van der Waals surface area contributed by atoms with Crippen LogP contribution in [0.5, 0.6) is 0 Å². The van der Waals surface area contributed by atoms with Crippen molar-refractivity contribution in [2.75, 3.05) is 18.6 Å². The van der Waals surface area contributed by atoms with Crippen molar-refractivity contribution >= 4 is 17.5 Å². The zero-order valence-electron chi connectivity index (χ0n) is 7.00. The van der Waals surface area contributed by atoms with Gasteiger partial charge in [-0.2, -0.15) is 11.8 Å². The van der Waals surface area contributed by atoms with Gasteiger partial charge in [0.1, 0.15) is 5.78 Å². The minimum Gasteiger partial charge on any atom is -0.382 e. The summed E-state index contributed by atoms with van der Waals surface area (Å²) in [5.74, 6) is 2.36. The van der Waals surface area contributed by atoms with Crippen LogP contribution in [0, 0.1) is 5.92 Å². The van der Waals surface area contributed by atoms with Crippen LogP contribution in [-0.4, -0.2) is 30.5 Å². The van der Waals surface area contributed by atoms with Crippen molar-refractivity contribution in [3.8, 4) is 0 Å². The second-order valence-electron chi connectivity index (χ2n) is 2.96. The van der Waals surface area contributed by atoms with E-state index in [1.54, 1.807) is 18.9 Å². The molecule has 0 aromatic rings. The zero-order chi connectivity index (χ0) is 8.27. The Morgan fingerprint density at radius 1 is 1.82 bits per heavy atom. The van der Waals surface area contributed by atoms with Crippen LogP contribution in [0.1, 0.15) is 13.3 Å². The summed E-state index contributed by atoms with van der Waals surface area (Å²) in [6, 6.07) is 0. The molecule has 3 heteroatoms. The third-order valence-electron chi connectivity index (χ3n) is 2.04. The van der Waals surface area contributed by atoms with Crippen LogP contribution >= 0.6 is 11.8 Å². The van der Waals surface area contributed by atoms with E-state index in [2.05, 4.69) is 0 Å². The summed E-state index contributed by atoms with van der Waals surface area (Å²) in [6.07, 6.45) is 1.12. The SMILES string of the molecule is COC(C)CC1CSCC1=O. The summed E-state index contributed by atoms with van der Waals surface area (Å²) < 4.78 is 5.10. The fourth-order valence-corrected chi connectivity index (χ4v) is 2.37. The van der Waals surface area contributed by atoms with Crippen LogP contribution in [0.2, 0.25) is 0 Å². The first-order chi connectivity index (χ1) is 5.24. The minimum atomic E-state index is 0.225. The molecule has 0 saturated carbocycles. The Hall–Kier alpha value is -0.0200. The number of hydrogen-bond donors (Lipinski definition) is 0. The van der Waals surface area contributed by atoms with Gasteiger partial charge >= 0.3 is 0 Å². The third kappa shape index (κ3) is 2.49. The minimum absolute atomic E-state index is 0.225. The van der Waals surface area contributed by atoms with Crippen molar-refractivity contribution in [1.29, 1.82) is 0 Å². The van der Waals surface area contributed by atoms with E-state index in [0.717, 1.165) is 12.2 Å².